The zero-order valence-corrected chi connectivity index (χ0v) is 6.08. The second kappa shape index (κ2) is 7.80. The lowest BCUT2D eigenvalue weighted by atomic mass is 10.5. The van der Waals surface area contributed by atoms with E-state index in [2.05, 4.69) is 53.3 Å². The SMILES string of the molecule is C#CC#CC#CC#CC#CC. The van der Waals surface area contributed by atoms with Gasteiger partial charge >= 0.3 is 0 Å². The van der Waals surface area contributed by atoms with Crippen LogP contribution in [0.15, 0.2) is 0 Å². The third kappa shape index (κ3) is 7.80. The third-order valence-corrected chi connectivity index (χ3v) is 0.572. The van der Waals surface area contributed by atoms with E-state index in [-0.39, 0.29) is 0 Å². The molecular weight excluding hydrogens is 132 g/mol. The van der Waals surface area contributed by atoms with Gasteiger partial charge in [-0.1, -0.05) is 5.92 Å². The van der Waals surface area contributed by atoms with Crippen LogP contribution in [-0.4, -0.2) is 0 Å². The molecule has 0 bridgehead atoms. The van der Waals surface area contributed by atoms with Crippen LogP contribution in [0.5, 0.6) is 0 Å². The first-order chi connectivity index (χ1) is 5.41. The van der Waals surface area contributed by atoms with Crippen LogP contribution < -0.4 is 0 Å². The molecule has 0 saturated heterocycles. The molecule has 0 nitrogen and oxygen atoms in total. The molecule has 48 valence electrons. The fourth-order valence-corrected chi connectivity index (χ4v) is 0.255. The molecule has 0 saturated carbocycles. The van der Waals surface area contributed by atoms with Crippen molar-refractivity contribution in [1.82, 2.24) is 0 Å². The van der Waals surface area contributed by atoms with Gasteiger partial charge in [-0.15, -0.1) is 6.42 Å². The summed E-state index contributed by atoms with van der Waals surface area (Å²) in [5, 5.41) is 0. The van der Waals surface area contributed by atoms with Crippen LogP contribution in [0.4, 0.5) is 0 Å². The normalized spacial score (nSPS) is 3.64. The number of hydrogen-bond donors (Lipinski definition) is 0. The number of rotatable bonds is 0. The lowest BCUT2D eigenvalue weighted by Crippen LogP contribution is -1.52. The van der Waals surface area contributed by atoms with Gasteiger partial charge in [-0.3, -0.25) is 0 Å². The van der Waals surface area contributed by atoms with Crippen LogP contribution >= 0.6 is 0 Å². The summed E-state index contributed by atoms with van der Waals surface area (Å²) in [5.41, 5.74) is 0. The van der Waals surface area contributed by atoms with Crippen LogP contribution in [0.1, 0.15) is 6.92 Å². The highest BCUT2D eigenvalue weighted by Crippen LogP contribution is 1.54. The molecule has 0 rings (SSSR count). The number of terminal acetylenes is 1. The Morgan fingerprint density at radius 1 is 0.727 bits per heavy atom. The lowest BCUT2D eigenvalue weighted by molar-refractivity contribution is 1.92. The van der Waals surface area contributed by atoms with Crippen molar-refractivity contribution in [3.8, 4) is 59.7 Å². The Hall–Kier alpha value is -2.20. The lowest BCUT2D eigenvalue weighted by Gasteiger charge is -1.53. The highest BCUT2D eigenvalue weighted by atomic mass is 13.5. The molecule has 0 amide bonds. The van der Waals surface area contributed by atoms with Gasteiger partial charge < -0.3 is 0 Å². The van der Waals surface area contributed by atoms with Crippen molar-refractivity contribution in [2.24, 2.45) is 0 Å². The predicted molar refractivity (Wildman–Crippen MR) is 45.6 cm³/mol. The van der Waals surface area contributed by atoms with Gasteiger partial charge in [0, 0.05) is 0 Å². The molecule has 0 N–H and O–H groups in total. The minimum atomic E-state index is 1.71. The topological polar surface area (TPSA) is 0 Å². The van der Waals surface area contributed by atoms with Crippen molar-refractivity contribution < 1.29 is 0 Å². The van der Waals surface area contributed by atoms with E-state index in [1.807, 2.05) is 0 Å². The molecule has 0 aromatic rings. The van der Waals surface area contributed by atoms with Crippen molar-refractivity contribution in [3.63, 3.8) is 0 Å². The molecule has 0 unspecified atom stereocenters. The first kappa shape index (κ1) is 8.80. The average Bonchev–Trinajstić information content (AvgIpc) is 2.03. The van der Waals surface area contributed by atoms with Gasteiger partial charge in [-0.05, 0) is 54.3 Å². The molecule has 0 aliphatic rings. The smallest absolute Gasteiger partial charge is 0.000000534 e. The summed E-state index contributed by atoms with van der Waals surface area (Å²) in [6, 6.07) is 0. The van der Waals surface area contributed by atoms with E-state index < -0.39 is 0 Å². The van der Waals surface area contributed by atoms with Gasteiger partial charge in [0.25, 0.3) is 0 Å². The van der Waals surface area contributed by atoms with Gasteiger partial charge in [0.05, 0.1) is 0 Å². The molecular formula is C11H4. The first-order valence-corrected chi connectivity index (χ1v) is 2.79. The van der Waals surface area contributed by atoms with Crippen molar-refractivity contribution in [3.05, 3.63) is 0 Å². The summed E-state index contributed by atoms with van der Waals surface area (Å²) in [6.45, 7) is 1.71. The summed E-state index contributed by atoms with van der Waals surface area (Å²) in [4.78, 5) is 0. The maximum absolute atomic E-state index is 4.84. The van der Waals surface area contributed by atoms with Crippen LogP contribution in [0.3, 0.4) is 0 Å². The zero-order valence-electron chi connectivity index (χ0n) is 6.08. The third-order valence-electron chi connectivity index (χ3n) is 0.572. The van der Waals surface area contributed by atoms with E-state index in [1.54, 1.807) is 6.92 Å². The molecule has 0 atom stereocenters. The van der Waals surface area contributed by atoms with Crippen molar-refractivity contribution in [2.75, 3.05) is 0 Å². The largest absolute Gasteiger partial charge is 0.106 e. The summed E-state index contributed by atoms with van der Waals surface area (Å²) >= 11 is 0. The summed E-state index contributed by atoms with van der Waals surface area (Å²) < 4.78 is 0. The average molecular weight is 136 g/mol. The highest BCUT2D eigenvalue weighted by Gasteiger charge is 1.53. The fourth-order valence-electron chi connectivity index (χ4n) is 0.255. The molecule has 0 aliphatic carbocycles. The molecule has 0 heteroatoms. The fraction of sp³-hybridized carbons (Fsp3) is 0.0909. The monoisotopic (exact) mass is 136 g/mol. The van der Waals surface area contributed by atoms with Gasteiger partial charge in [0.15, 0.2) is 0 Å². The van der Waals surface area contributed by atoms with E-state index in [4.69, 9.17) is 6.42 Å². The first-order valence-electron chi connectivity index (χ1n) is 2.79. The Kier molecular flexibility index (Phi) is 6.24. The van der Waals surface area contributed by atoms with Gasteiger partial charge in [0.2, 0.25) is 0 Å². The summed E-state index contributed by atoms with van der Waals surface area (Å²) in [6.07, 6.45) is 4.84. The second-order valence-corrected chi connectivity index (χ2v) is 1.27. The molecule has 0 radical (unpaired) electrons. The summed E-state index contributed by atoms with van der Waals surface area (Å²) in [5.74, 6) is 22.0. The minimum absolute atomic E-state index is 1.71. The zero-order chi connectivity index (χ0) is 8.36. The molecule has 0 spiro atoms. The number of hydrogen-bond acceptors (Lipinski definition) is 0. The Bertz CT molecular complexity index is 386. The molecule has 0 heterocycles. The Balaban J connectivity index is 4.04. The van der Waals surface area contributed by atoms with E-state index in [1.165, 1.54) is 0 Å². The van der Waals surface area contributed by atoms with E-state index in [9.17, 15) is 0 Å². The van der Waals surface area contributed by atoms with Crippen molar-refractivity contribution in [2.45, 2.75) is 6.92 Å². The van der Waals surface area contributed by atoms with E-state index in [0.717, 1.165) is 0 Å². The Labute approximate surface area is 67.4 Å². The Morgan fingerprint density at radius 2 is 1.18 bits per heavy atom. The van der Waals surface area contributed by atoms with Gasteiger partial charge in [-0.2, -0.15) is 0 Å². The van der Waals surface area contributed by atoms with E-state index in [0.29, 0.717) is 0 Å². The second-order valence-electron chi connectivity index (χ2n) is 1.27. The van der Waals surface area contributed by atoms with E-state index >= 15 is 0 Å². The quantitative estimate of drug-likeness (QED) is 0.429. The van der Waals surface area contributed by atoms with Crippen LogP contribution in [0, 0.1) is 59.7 Å². The highest BCUT2D eigenvalue weighted by molar-refractivity contribution is 5.41. The van der Waals surface area contributed by atoms with Gasteiger partial charge in [0.1, 0.15) is 0 Å². The maximum atomic E-state index is 4.84. The van der Waals surface area contributed by atoms with Crippen molar-refractivity contribution in [1.29, 1.82) is 0 Å². The van der Waals surface area contributed by atoms with Crippen LogP contribution in [-0.2, 0) is 0 Å². The molecule has 11 heavy (non-hydrogen) atoms. The van der Waals surface area contributed by atoms with Gasteiger partial charge in [-0.25, -0.2) is 0 Å². The van der Waals surface area contributed by atoms with Crippen LogP contribution in [0.2, 0.25) is 0 Å². The summed E-state index contributed by atoms with van der Waals surface area (Å²) in [7, 11) is 0. The predicted octanol–water partition coefficient (Wildman–Crippen LogP) is 0.653. The minimum Gasteiger partial charge on any atom is -0.106 e. The maximum Gasteiger partial charge on any atom is -0.000000534 e. The molecule has 0 aromatic carbocycles. The van der Waals surface area contributed by atoms with Crippen molar-refractivity contribution >= 4 is 0 Å². The molecule has 0 aromatic heterocycles. The standard InChI is InChI=1S/C11H4/c1-3-5-7-9-11-10-8-6-4-2/h1H,2H3. The molecule has 0 fully saturated rings. The molecule has 0 aliphatic heterocycles. The Morgan fingerprint density at radius 3 is 1.64 bits per heavy atom. The van der Waals surface area contributed by atoms with Crippen LogP contribution in [0.25, 0.3) is 0 Å².